The summed E-state index contributed by atoms with van der Waals surface area (Å²) in [6, 6.07) is 0. The van der Waals surface area contributed by atoms with Gasteiger partial charge < -0.3 is 15.5 Å². The number of rotatable bonds is 2. The van der Waals surface area contributed by atoms with Crippen LogP contribution in [0.3, 0.4) is 0 Å². The predicted octanol–water partition coefficient (Wildman–Crippen LogP) is 1.07. The van der Waals surface area contributed by atoms with Crippen molar-refractivity contribution in [2.75, 3.05) is 50.4 Å². The minimum atomic E-state index is 0.0308. The first kappa shape index (κ1) is 17.5. The lowest BCUT2D eigenvalue weighted by Gasteiger charge is -2.50. The molecule has 26 heavy (non-hydrogen) atoms. The number of aromatic nitrogens is 2. The third-order valence-electron chi connectivity index (χ3n) is 6.61. The molecule has 1 aliphatic carbocycles. The van der Waals surface area contributed by atoms with Gasteiger partial charge in [-0.3, -0.25) is 9.69 Å². The molecule has 1 spiro atoms. The summed E-state index contributed by atoms with van der Waals surface area (Å²) in [6.45, 7) is 6.57. The second kappa shape index (κ2) is 6.68. The highest BCUT2D eigenvalue weighted by Gasteiger charge is 2.43. The monoisotopic (exact) mass is 358 g/mol. The van der Waals surface area contributed by atoms with Crippen molar-refractivity contribution in [2.45, 2.75) is 51.0 Å². The van der Waals surface area contributed by atoms with Gasteiger partial charge in [0.05, 0.1) is 5.69 Å². The zero-order valence-electron chi connectivity index (χ0n) is 16.0. The van der Waals surface area contributed by atoms with Gasteiger partial charge in [0.25, 0.3) is 0 Å². The van der Waals surface area contributed by atoms with Crippen molar-refractivity contribution in [1.29, 1.82) is 0 Å². The van der Waals surface area contributed by atoms with Gasteiger partial charge in [0.15, 0.2) is 0 Å². The maximum atomic E-state index is 12.4. The number of hydrogen-bond acceptors (Lipinski definition) is 6. The van der Waals surface area contributed by atoms with Crippen molar-refractivity contribution >= 4 is 17.7 Å². The number of fused-ring (bicyclic) bond motifs is 1. The highest BCUT2D eigenvalue weighted by atomic mass is 16.2. The molecular weight excluding hydrogens is 328 g/mol. The van der Waals surface area contributed by atoms with E-state index in [1.165, 1.54) is 5.56 Å². The Balaban J connectivity index is 1.62. The van der Waals surface area contributed by atoms with Crippen LogP contribution in [0.4, 0.5) is 11.8 Å². The molecule has 7 nitrogen and oxygen atoms in total. The number of likely N-dealkylation sites (tertiary alicyclic amines) is 1. The number of aryl methyl sites for hydroxylation is 1. The summed E-state index contributed by atoms with van der Waals surface area (Å²) in [7, 11) is 2.21. The summed E-state index contributed by atoms with van der Waals surface area (Å²) in [5.41, 5.74) is 8.46. The Morgan fingerprint density at radius 1 is 1.12 bits per heavy atom. The number of anilines is 2. The number of piperazine rings is 1. The largest absolute Gasteiger partial charge is 0.368 e. The highest BCUT2D eigenvalue weighted by Crippen LogP contribution is 2.36. The Hall–Kier alpha value is -1.89. The molecule has 3 aliphatic rings. The third kappa shape index (κ3) is 2.92. The fourth-order valence-corrected chi connectivity index (χ4v) is 4.90. The molecule has 0 radical (unpaired) electrons. The van der Waals surface area contributed by atoms with Crippen molar-refractivity contribution in [3.05, 3.63) is 11.3 Å². The molecule has 2 aliphatic heterocycles. The average molecular weight is 358 g/mol. The molecule has 4 rings (SSSR count). The number of amides is 1. The van der Waals surface area contributed by atoms with E-state index in [1.54, 1.807) is 0 Å². The molecule has 3 heterocycles. The number of nitrogens with zero attached hydrogens (tertiary/aromatic N) is 5. The Morgan fingerprint density at radius 3 is 2.77 bits per heavy atom. The van der Waals surface area contributed by atoms with Crippen LogP contribution in [0.25, 0.3) is 0 Å². The van der Waals surface area contributed by atoms with E-state index in [4.69, 9.17) is 5.73 Å². The van der Waals surface area contributed by atoms with Crippen LogP contribution in [0.2, 0.25) is 0 Å². The van der Waals surface area contributed by atoms with Gasteiger partial charge in [-0.2, -0.15) is 4.98 Å². The van der Waals surface area contributed by atoms with Crippen LogP contribution in [0, 0.1) is 0 Å². The van der Waals surface area contributed by atoms with Gasteiger partial charge >= 0.3 is 0 Å². The van der Waals surface area contributed by atoms with Gasteiger partial charge in [-0.15, -0.1) is 0 Å². The second-order valence-corrected chi connectivity index (χ2v) is 7.98. The molecule has 1 atom stereocenters. The molecule has 0 saturated carbocycles. The van der Waals surface area contributed by atoms with Crippen molar-refractivity contribution in [3.63, 3.8) is 0 Å². The summed E-state index contributed by atoms with van der Waals surface area (Å²) in [4.78, 5) is 28.4. The summed E-state index contributed by atoms with van der Waals surface area (Å²) in [5, 5.41) is 0. The molecule has 0 bridgehead atoms. The fraction of sp³-hybridized carbons (Fsp3) is 0.737. The molecule has 2 fully saturated rings. The van der Waals surface area contributed by atoms with Crippen molar-refractivity contribution in [1.82, 2.24) is 19.8 Å². The fourth-order valence-electron chi connectivity index (χ4n) is 4.90. The summed E-state index contributed by atoms with van der Waals surface area (Å²) in [5.74, 6) is 1.73. The molecule has 1 unspecified atom stereocenters. The summed E-state index contributed by atoms with van der Waals surface area (Å²) < 4.78 is 0. The third-order valence-corrected chi connectivity index (χ3v) is 6.61. The maximum Gasteiger partial charge on any atom is 0.222 e. The molecule has 1 amide bonds. The lowest BCUT2D eigenvalue weighted by molar-refractivity contribution is -0.130. The molecule has 1 aromatic rings. The van der Waals surface area contributed by atoms with Crippen molar-refractivity contribution in [3.8, 4) is 0 Å². The molecular formula is C19H30N6O. The van der Waals surface area contributed by atoms with Crippen molar-refractivity contribution < 1.29 is 4.79 Å². The van der Waals surface area contributed by atoms with Crippen LogP contribution < -0.4 is 10.6 Å². The van der Waals surface area contributed by atoms with Crippen LogP contribution in [0.1, 0.15) is 43.9 Å². The van der Waals surface area contributed by atoms with Gasteiger partial charge in [0, 0.05) is 50.2 Å². The van der Waals surface area contributed by atoms with E-state index >= 15 is 0 Å². The van der Waals surface area contributed by atoms with Crippen LogP contribution >= 0.6 is 0 Å². The van der Waals surface area contributed by atoms with Gasteiger partial charge in [0.2, 0.25) is 11.9 Å². The standard InChI is InChI=1S/C19H30N6O/c1-3-24-10-9-19(8-7-16(24)26)13-25(12-11-23(19)2)17-14-5-4-6-15(14)21-18(20)22-17/h3-13H2,1-2H3,(H2,20,21,22). The number of carbonyl (C=O) groups is 1. The first-order chi connectivity index (χ1) is 12.5. The zero-order valence-corrected chi connectivity index (χ0v) is 16.0. The van der Waals surface area contributed by atoms with E-state index in [0.717, 1.165) is 76.3 Å². The first-order valence-corrected chi connectivity index (χ1v) is 9.91. The lowest BCUT2D eigenvalue weighted by Crippen LogP contribution is -2.61. The number of likely N-dealkylation sites (N-methyl/N-ethyl adjacent to an activating group) is 1. The first-order valence-electron chi connectivity index (χ1n) is 9.91. The summed E-state index contributed by atoms with van der Waals surface area (Å²) >= 11 is 0. The number of hydrogen-bond donors (Lipinski definition) is 1. The maximum absolute atomic E-state index is 12.4. The smallest absolute Gasteiger partial charge is 0.222 e. The predicted molar refractivity (Wildman–Crippen MR) is 102 cm³/mol. The molecule has 142 valence electrons. The van der Waals surface area contributed by atoms with Gasteiger partial charge in [0.1, 0.15) is 5.82 Å². The van der Waals surface area contributed by atoms with E-state index in [0.29, 0.717) is 18.3 Å². The Morgan fingerprint density at radius 2 is 1.96 bits per heavy atom. The minimum Gasteiger partial charge on any atom is -0.368 e. The number of nitrogen functional groups attached to an aromatic ring is 1. The number of nitrogens with two attached hydrogens (primary N) is 1. The average Bonchev–Trinajstić information content (AvgIpc) is 3.03. The van der Waals surface area contributed by atoms with Gasteiger partial charge in [-0.25, -0.2) is 4.98 Å². The SMILES string of the molecule is CCN1CCC2(CCC1=O)CN(c1nc(N)nc3c1CCC3)CCN2C. The molecule has 1 aromatic heterocycles. The second-order valence-electron chi connectivity index (χ2n) is 7.98. The normalized spacial score (nSPS) is 27.1. The van der Waals surface area contributed by atoms with Crippen LogP contribution in [0.5, 0.6) is 0 Å². The van der Waals surface area contributed by atoms with Crippen LogP contribution in [0.15, 0.2) is 0 Å². The molecule has 2 saturated heterocycles. The lowest BCUT2D eigenvalue weighted by atomic mass is 9.86. The molecule has 0 aromatic carbocycles. The Kier molecular flexibility index (Phi) is 4.50. The molecule has 2 N–H and O–H groups in total. The summed E-state index contributed by atoms with van der Waals surface area (Å²) in [6.07, 6.45) is 5.76. The van der Waals surface area contributed by atoms with E-state index < -0.39 is 0 Å². The van der Waals surface area contributed by atoms with Crippen LogP contribution in [-0.2, 0) is 17.6 Å². The van der Waals surface area contributed by atoms with Crippen molar-refractivity contribution in [2.24, 2.45) is 0 Å². The molecule has 7 heteroatoms. The van der Waals surface area contributed by atoms with Gasteiger partial charge in [-0.05, 0) is 46.1 Å². The van der Waals surface area contributed by atoms with E-state index in [9.17, 15) is 4.79 Å². The Labute approximate surface area is 155 Å². The minimum absolute atomic E-state index is 0.0308. The highest BCUT2D eigenvalue weighted by molar-refractivity contribution is 5.76. The van der Waals surface area contributed by atoms with Crippen LogP contribution in [-0.4, -0.2) is 71.0 Å². The quantitative estimate of drug-likeness (QED) is 0.852. The topological polar surface area (TPSA) is 78.6 Å². The van der Waals surface area contributed by atoms with Gasteiger partial charge in [-0.1, -0.05) is 0 Å². The number of carbonyl (C=O) groups excluding carboxylic acids is 1. The Bertz CT molecular complexity index is 708. The van der Waals surface area contributed by atoms with E-state index in [1.807, 2.05) is 4.90 Å². The van der Waals surface area contributed by atoms with E-state index in [-0.39, 0.29) is 5.54 Å². The van der Waals surface area contributed by atoms with E-state index in [2.05, 4.69) is 33.7 Å². The zero-order chi connectivity index (χ0) is 18.3.